The number of rotatable bonds is 5. The monoisotopic (exact) mass is 376 g/mol. The third kappa shape index (κ3) is 3.52. The van der Waals surface area contributed by atoms with Crippen molar-refractivity contribution in [1.29, 1.82) is 0 Å². The van der Waals surface area contributed by atoms with Gasteiger partial charge in [-0.15, -0.1) is 0 Å². The summed E-state index contributed by atoms with van der Waals surface area (Å²) in [6, 6.07) is 5.36. The number of likely N-dealkylation sites (tertiary alicyclic amines) is 1. The van der Waals surface area contributed by atoms with Crippen LogP contribution in [0, 0.1) is 5.92 Å². The summed E-state index contributed by atoms with van der Waals surface area (Å²) in [4.78, 5) is 2.87. The number of piperidine rings is 1. The molecule has 1 aromatic heterocycles. The van der Waals surface area contributed by atoms with Crippen LogP contribution in [0.15, 0.2) is 29.3 Å². The van der Waals surface area contributed by atoms with Gasteiger partial charge in [0, 0.05) is 18.0 Å². The Bertz CT molecular complexity index is 855. The van der Waals surface area contributed by atoms with Gasteiger partial charge < -0.3 is 4.90 Å². The Balaban J connectivity index is 1.46. The van der Waals surface area contributed by atoms with Crippen molar-refractivity contribution in [2.75, 3.05) is 26.2 Å². The van der Waals surface area contributed by atoms with Crippen molar-refractivity contribution in [1.82, 2.24) is 19.4 Å². The number of aromatic amines is 1. The summed E-state index contributed by atoms with van der Waals surface area (Å²) in [5.41, 5.74) is 0.768. The van der Waals surface area contributed by atoms with E-state index in [0.29, 0.717) is 11.4 Å². The molecule has 1 aromatic carbocycles. The molecular weight excluding hydrogens is 348 g/mol. The highest BCUT2D eigenvalue weighted by atomic mass is 32.2. The van der Waals surface area contributed by atoms with Gasteiger partial charge in [0.15, 0.2) is 0 Å². The number of sulfonamides is 1. The van der Waals surface area contributed by atoms with E-state index in [0.717, 1.165) is 55.7 Å². The minimum absolute atomic E-state index is 0.122. The van der Waals surface area contributed by atoms with Gasteiger partial charge in [-0.25, -0.2) is 8.42 Å². The zero-order valence-corrected chi connectivity index (χ0v) is 16.2. The average molecular weight is 377 g/mol. The van der Waals surface area contributed by atoms with E-state index in [1.807, 2.05) is 6.07 Å². The molecule has 1 atom stereocenters. The average Bonchev–Trinajstić information content (AvgIpc) is 3.30. The highest BCUT2D eigenvalue weighted by Crippen LogP contribution is 2.29. The minimum Gasteiger partial charge on any atom is -0.303 e. The second-order valence-corrected chi connectivity index (χ2v) is 9.73. The van der Waals surface area contributed by atoms with Gasteiger partial charge in [-0.05, 0) is 75.9 Å². The molecule has 2 saturated heterocycles. The Labute approximate surface area is 155 Å². The van der Waals surface area contributed by atoms with Crippen molar-refractivity contribution < 1.29 is 8.42 Å². The van der Waals surface area contributed by atoms with Gasteiger partial charge in [-0.2, -0.15) is 9.40 Å². The second-order valence-electron chi connectivity index (χ2n) is 7.84. The number of fused-ring (bicyclic) bond motifs is 1. The van der Waals surface area contributed by atoms with Crippen molar-refractivity contribution >= 4 is 20.9 Å². The summed E-state index contributed by atoms with van der Waals surface area (Å²) < 4.78 is 28.1. The van der Waals surface area contributed by atoms with E-state index >= 15 is 0 Å². The molecule has 3 heterocycles. The molecule has 1 N–H and O–H groups in total. The number of H-pyrrole nitrogens is 1. The summed E-state index contributed by atoms with van der Waals surface area (Å²) in [5, 5.41) is 7.78. The van der Waals surface area contributed by atoms with Gasteiger partial charge in [0.1, 0.15) is 0 Å². The van der Waals surface area contributed by atoms with E-state index in [1.165, 1.54) is 12.8 Å². The lowest BCUT2D eigenvalue weighted by molar-refractivity contribution is 0.179. The fourth-order valence-corrected chi connectivity index (χ4v) is 5.99. The quantitative estimate of drug-likeness (QED) is 0.871. The third-order valence-electron chi connectivity index (χ3n) is 6.00. The van der Waals surface area contributed by atoms with Gasteiger partial charge in [0.25, 0.3) is 0 Å². The molecule has 26 heavy (non-hydrogen) atoms. The maximum absolute atomic E-state index is 13.2. The summed E-state index contributed by atoms with van der Waals surface area (Å²) in [7, 11) is -3.45. The van der Waals surface area contributed by atoms with Crippen LogP contribution < -0.4 is 0 Å². The van der Waals surface area contributed by atoms with Gasteiger partial charge in [-0.3, -0.25) is 5.10 Å². The standard InChI is InChI=1S/C19H28N4O2S/c1-15-6-10-22(11-7-15)12-8-17-3-2-9-23(17)26(24,25)18-5-4-16-14-20-21-19(16)13-18/h4-5,13-15,17H,2-3,6-12H2,1H3,(H,20,21)/t17-/m1/s1. The van der Waals surface area contributed by atoms with Gasteiger partial charge >= 0.3 is 0 Å². The zero-order chi connectivity index (χ0) is 18.1. The van der Waals surface area contributed by atoms with E-state index in [4.69, 9.17) is 0 Å². The van der Waals surface area contributed by atoms with Crippen molar-refractivity contribution in [2.24, 2.45) is 5.92 Å². The number of benzene rings is 1. The molecule has 142 valence electrons. The fraction of sp³-hybridized carbons (Fsp3) is 0.632. The number of aromatic nitrogens is 2. The Morgan fingerprint density at radius 1 is 1.19 bits per heavy atom. The molecule has 0 amide bonds. The lowest BCUT2D eigenvalue weighted by Crippen LogP contribution is -2.40. The molecule has 0 saturated carbocycles. The van der Waals surface area contributed by atoms with E-state index < -0.39 is 10.0 Å². The molecule has 4 rings (SSSR count). The maximum atomic E-state index is 13.2. The molecule has 0 spiro atoms. The molecule has 0 aliphatic carbocycles. The molecule has 2 aliphatic heterocycles. The smallest absolute Gasteiger partial charge is 0.243 e. The van der Waals surface area contributed by atoms with Gasteiger partial charge in [-0.1, -0.05) is 6.92 Å². The second kappa shape index (κ2) is 7.29. The predicted molar refractivity (Wildman–Crippen MR) is 102 cm³/mol. The summed E-state index contributed by atoms with van der Waals surface area (Å²) >= 11 is 0. The SMILES string of the molecule is CC1CCN(CC[C@H]2CCCN2S(=O)(=O)c2ccc3cn[nH]c3c2)CC1. The van der Waals surface area contributed by atoms with Crippen molar-refractivity contribution in [3.8, 4) is 0 Å². The molecular formula is C19H28N4O2S. The molecule has 2 aliphatic rings. The van der Waals surface area contributed by atoms with Gasteiger partial charge in [0.05, 0.1) is 16.6 Å². The third-order valence-corrected chi connectivity index (χ3v) is 7.95. The molecule has 7 heteroatoms. The molecule has 0 radical (unpaired) electrons. The Morgan fingerprint density at radius 3 is 2.81 bits per heavy atom. The van der Waals surface area contributed by atoms with Crippen molar-refractivity contribution in [3.05, 3.63) is 24.4 Å². The van der Waals surface area contributed by atoms with Gasteiger partial charge in [0.2, 0.25) is 10.0 Å². The zero-order valence-electron chi connectivity index (χ0n) is 15.4. The van der Waals surface area contributed by atoms with E-state index in [-0.39, 0.29) is 6.04 Å². The van der Waals surface area contributed by atoms with Crippen LogP contribution in [0.5, 0.6) is 0 Å². The summed E-state index contributed by atoms with van der Waals surface area (Å²) in [6.45, 7) is 6.25. The highest BCUT2D eigenvalue weighted by molar-refractivity contribution is 7.89. The van der Waals surface area contributed by atoms with Crippen LogP contribution >= 0.6 is 0 Å². The number of nitrogens with zero attached hydrogens (tertiary/aromatic N) is 3. The minimum atomic E-state index is -3.45. The fourth-order valence-electron chi connectivity index (χ4n) is 4.24. The largest absolute Gasteiger partial charge is 0.303 e. The van der Waals surface area contributed by atoms with Crippen LogP contribution in [-0.4, -0.2) is 60.0 Å². The van der Waals surface area contributed by atoms with Crippen LogP contribution in [-0.2, 0) is 10.0 Å². The number of nitrogens with one attached hydrogen (secondary N) is 1. The molecule has 0 bridgehead atoms. The maximum Gasteiger partial charge on any atom is 0.243 e. The number of hydrogen-bond donors (Lipinski definition) is 1. The first-order chi connectivity index (χ1) is 12.5. The topological polar surface area (TPSA) is 69.3 Å². The predicted octanol–water partition coefficient (Wildman–Crippen LogP) is 2.84. The van der Waals surface area contributed by atoms with Crippen LogP contribution in [0.4, 0.5) is 0 Å². The van der Waals surface area contributed by atoms with Crippen LogP contribution in [0.3, 0.4) is 0 Å². The molecule has 6 nitrogen and oxygen atoms in total. The Kier molecular flexibility index (Phi) is 5.03. The van der Waals surface area contributed by atoms with E-state index in [1.54, 1.807) is 22.6 Å². The lowest BCUT2D eigenvalue weighted by Gasteiger charge is -2.32. The van der Waals surface area contributed by atoms with Crippen molar-refractivity contribution in [2.45, 2.75) is 50.0 Å². The summed E-state index contributed by atoms with van der Waals surface area (Å²) in [6.07, 6.45) is 7.08. The normalized spacial score (nSPS) is 23.8. The lowest BCUT2D eigenvalue weighted by atomic mass is 9.99. The number of hydrogen-bond acceptors (Lipinski definition) is 4. The van der Waals surface area contributed by atoms with E-state index in [9.17, 15) is 8.42 Å². The van der Waals surface area contributed by atoms with Crippen LogP contribution in [0.1, 0.15) is 39.0 Å². The van der Waals surface area contributed by atoms with Crippen molar-refractivity contribution in [3.63, 3.8) is 0 Å². The Morgan fingerprint density at radius 2 is 2.00 bits per heavy atom. The molecule has 0 unspecified atom stereocenters. The van der Waals surface area contributed by atoms with E-state index in [2.05, 4.69) is 22.0 Å². The first-order valence-electron chi connectivity index (χ1n) is 9.71. The molecule has 2 aromatic rings. The Hall–Kier alpha value is -1.44. The molecule has 2 fully saturated rings. The highest BCUT2D eigenvalue weighted by Gasteiger charge is 2.35. The van der Waals surface area contributed by atoms with Crippen LogP contribution in [0.2, 0.25) is 0 Å². The first kappa shape index (κ1) is 17.9. The first-order valence-corrected chi connectivity index (χ1v) is 11.2. The summed E-state index contributed by atoms with van der Waals surface area (Å²) in [5.74, 6) is 0.826. The van der Waals surface area contributed by atoms with Crippen LogP contribution in [0.25, 0.3) is 10.9 Å².